The van der Waals surface area contributed by atoms with Gasteiger partial charge in [0.1, 0.15) is 0 Å². The minimum absolute atomic E-state index is 0.00681. The molecule has 0 amide bonds. The van der Waals surface area contributed by atoms with E-state index in [9.17, 15) is 0 Å². The van der Waals surface area contributed by atoms with Crippen LogP contribution in [0.15, 0.2) is 24.3 Å². The van der Waals surface area contributed by atoms with Crippen molar-refractivity contribution < 1.29 is 10.2 Å². The van der Waals surface area contributed by atoms with E-state index in [1.54, 1.807) is 0 Å². The Morgan fingerprint density at radius 1 is 0.889 bits per heavy atom. The molecule has 1 aromatic carbocycles. The highest BCUT2D eigenvalue weighted by molar-refractivity contribution is 5.25. The van der Waals surface area contributed by atoms with Gasteiger partial charge in [-0.05, 0) is 24.0 Å². The average Bonchev–Trinajstić information content (AvgIpc) is 2.41. The lowest BCUT2D eigenvalue weighted by molar-refractivity contribution is 0.192. The molecule has 0 aliphatic heterocycles. The highest BCUT2D eigenvalue weighted by atomic mass is 16.3. The number of hydrogen-bond acceptors (Lipinski definition) is 2. The molecule has 1 aromatic rings. The lowest BCUT2D eigenvalue weighted by Gasteiger charge is -2.11. The fourth-order valence-electron chi connectivity index (χ4n) is 2.16. The van der Waals surface area contributed by atoms with Gasteiger partial charge in [0.2, 0.25) is 0 Å². The molecule has 0 saturated heterocycles. The maximum absolute atomic E-state index is 9.11. The summed E-state index contributed by atoms with van der Waals surface area (Å²) in [6.07, 6.45) is 7.67. The molecule has 2 nitrogen and oxygen atoms in total. The SMILES string of the molecule is CCCCCCCc1ccc(C(CO)CO)cc1. The van der Waals surface area contributed by atoms with Crippen LogP contribution in [0.3, 0.4) is 0 Å². The van der Waals surface area contributed by atoms with E-state index in [1.165, 1.54) is 37.7 Å². The second kappa shape index (κ2) is 9.12. The Morgan fingerprint density at radius 2 is 1.50 bits per heavy atom. The molecule has 102 valence electrons. The molecule has 0 aliphatic carbocycles. The number of rotatable bonds is 9. The number of aryl methyl sites for hydroxylation is 1. The predicted molar refractivity (Wildman–Crippen MR) is 75.8 cm³/mol. The van der Waals surface area contributed by atoms with Crippen molar-refractivity contribution in [3.8, 4) is 0 Å². The summed E-state index contributed by atoms with van der Waals surface area (Å²) in [6, 6.07) is 8.29. The van der Waals surface area contributed by atoms with Crippen LogP contribution in [-0.4, -0.2) is 23.4 Å². The minimum atomic E-state index is -0.136. The van der Waals surface area contributed by atoms with E-state index >= 15 is 0 Å². The van der Waals surface area contributed by atoms with Crippen molar-refractivity contribution >= 4 is 0 Å². The quantitative estimate of drug-likeness (QED) is 0.660. The second-order valence-corrected chi connectivity index (χ2v) is 4.97. The average molecular weight is 250 g/mol. The summed E-state index contributed by atoms with van der Waals surface area (Å²) in [6.45, 7) is 2.25. The molecule has 2 N–H and O–H groups in total. The molecule has 0 bridgehead atoms. The summed E-state index contributed by atoms with van der Waals surface area (Å²) in [7, 11) is 0. The van der Waals surface area contributed by atoms with Crippen molar-refractivity contribution in [2.45, 2.75) is 51.4 Å². The standard InChI is InChI=1S/C16H26O2/c1-2-3-4-5-6-7-14-8-10-15(11-9-14)16(12-17)13-18/h8-11,16-18H,2-7,12-13H2,1H3. The zero-order valence-electron chi connectivity index (χ0n) is 11.4. The number of aliphatic hydroxyl groups excluding tert-OH is 2. The lowest BCUT2D eigenvalue weighted by Crippen LogP contribution is -2.08. The number of benzene rings is 1. The molecule has 0 heterocycles. The van der Waals surface area contributed by atoms with Gasteiger partial charge in [-0.25, -0.2) is 0 Å². The molecule has 0 aromatic heterocycles. The zero-order valence-corrected chi connectivity index (χ0v) is 11.4. The first-order valence-electron chi connectivity index (χ1n) is 7.12. The molecule has 18 heavy (non-hydrogen) atoms. The first-order chi connectivity index (χ1) is 8.81. The fraction of sp³-hybridized carbons (Fsp3) is 0.625. The third kappa shape index (κ3) is 5.19. The van der Waals surface area contributed by atoms with Gasteiger partial charge in [-0.3, -0.25) is 0 Å². The highest BCUT2D eigenvalue weighted by Crippen LogP contribution is 2.16. The van der Waals surface area contributed by atoms with Crippen LogP contribution in [-0.2, 0) is 6.42 Å². The number of hydrogen-bond donors (Lipinski definition) is 2. The summed E-state index contributed by atoms with van der Waals surface area (Å²) in [5.74, 6) is -0.136. The molecule has 0 fully saturated rings. The predicted octanol–water partition coefficient (Wildman–Crippen LogP) is 3.27. The van der Waals surface area contributed by atoms with Crippen molar-refractivity contribution in [1.82, 2.24) is 0 Å². The van der Waals surface area contributed by atoms with Crippen LogP contribution in [0.5, 0.6) is 0 Å². The van der Waals surface area contributed by atoms with Crippen molar-refractivity contribution in [3.63, 3.8) is 0 Å². The Hall–Kier alpha value is -0.860. The van der Waals surface area contributed by atoms with Gasteiger partial charge in [-0.1, -0.05) is 56.9 Å². The maximum atomic E-state index is 9.11. The van der Waals surface area contributed by atoms with Crippen LogP contribution in [0.2, 0.25) is 0 Å². The first-order valence-corrected chi connectivity index (χ1v) is 7.12. The normalized spacial score (nSPS) is 11.1. The van der Waals surface area contributed by atoms with Gasteiger partial charge < -0.3 is 10.2 Å². The van der Waals surface area contributed by atoms with E-state index in [4.69, 9.17) is 10.2 Å². The summed E-state index contributed by atoms with van der Waals surface area (Å²) in [5, 5.41) is 18.2. The first kappa shape index (κ1) is 15.2. The van der Waals surface area contributed by atoms with Crippen LogP contribution in [0.25, 0.3) is 0 Å². The zero-order chi connectivity index (χ0) is 13.2. The van der Waals surface area contributed by atoms with Crippen molar-refractivity contribution in [3.05, 3.63) is 35.4 Å². The van der Waals surface area contributed by atoms with Crippen molar-refractivity contribution in [2.24, 2.45) is 0 Å². The topological polar surface area (TPSA) is 40.5 Å². The minimum Gasteiger partial charge on any atom is -0.396 e. The number of unbranched alkanes of at least 4 members (excludes halogenated alkanes) is 4. The Balaban J connectivity index is 2.35. The van der Waals surface area contributed by atoms with Crippen LogP contribution in [0.4, 0.5) is 0 Å². The van der Waals surface area contributed by atoms with Crippen molar-refractivity contribution in [1.29, 1.82) is 0 Å². The van der Waals surface area contributed by atoms with Crippen LogP contribution >= 0.6 is 0 Å². The molecule has 0 saturated carbocycles. The van der Waals surface area contributed by atoms with Gasteiger partial charge in [0.05, 0.1) is 13.2 Å². The summed E-state index contributed by atoms with van der Waals surface area (Å²) in [5.41, 5.74) is 2.37. The van der Waals surface area contributed by atoms with E-state index < -0.39 is 0 Å². The second-order valence-electron chi connectivity index (χ2n) is 4.97. The van der Waals surface area contributed by atoms with E-state index in [0.717, 1.165) is 12.0 Å². The molecular weight excluding hydrogens is 224 g/mol. The number of aliphatic hydroxyl groups is 2. The van der Waals surface area contributed by atoms with Crippen molar-refractivity contribution in [2.75, 3.05) is 13.2 Å². The van der Waals surface area contributed by atoms with Gasteiger partial charge in [-0.15, -0.1) is 0 Å². The van der Waals surface area contributed by atoms with E-state index in [0.29, 0.717) is 0 Å². The summed E-state index contributed by atoms with van der Waals surface area (Å²) in [4.78, 5) is 0. The summed E-state index contributed by atoms with van der Waals surface area (Å²) < 4.78 is 0. The Labute approximate surface area is 111 Å². The van der Waals surface area contributed by atoms with E-state index in [2.05, 4.69) is 19.1 Å². The van der Waals surface area contributed by atoms with Gasteiger partial charge in [0.15, 0.2) is 0 Å². The lowest BCUT2D eigenvalue weighted by atomic mass is 9.98. The Kier molecular flexibility index (Phi) is 7.70. The molecular formula is C16H26O2. The van der Waals surface area contributed by atoms with Gasteiger partial charge in [0, 0.05) is 5.92 Å². The largest absolute Gasteiger partial charge is 0.396 e. The van der Waals surface area contributed by atoms with Crippen LogP contribution in [0.1, 0.15) is 56.1 Å². The van der Waals surface area contributed by atoms with E-state index in [1.807, 2.05) is 12.1 Å². The van der Waals surface area contributed by atoms with Gasteiger partial charge in [0.25, 0.3) is 0 Å². The molecule has 1 rings (SSSR count). The van der Waals surface area contributed by atoms with Gasteiger partial charge >= 0.3 is 0 Å². The molecule has 0 spiro atoms. The van der Waals surface area contributed by atoms with Crippen LogP contribution in [0, 0.1) is 0 Å². The Morgan fingerprint density at radius 3 is 2.06 bits per heavy atom. The maximum Gasteiger partial charge on any atom is 0.0521 e. The molecule has 0 atom stereocenters. The van der Waals surface area contributed by atoms with Crippen LogP contribution < -0.4 is 0 Å². The summed E-state index contributed by atoms with van der Waals surface area (Å²) >= 11 is 0. The molecule has 0 radical (unpaired) electrons. The smallest absolute Gasteiger partial charge is 0.0521 e. The Bertz CT molecular complexity index is 301. The van der Waals surface area contributed by atoms with E-state index in [-0.39, 0.29) is 19.1 Å². The molecule has 0 unspecified atom stereocenters. The monoisotopic (exact) mass is 250 g/mol. The fourth-order valence-corrected chi connectivity index (χ4v) is 2.16. The van der Waals surface area contributed by atoms with Gasteiger partial charge in [-0.2, -0.15) is 0 Å². The third-order valence-electron chi connectivity index (χ3n) is 3.46. The molecule has 0 aliphatic rings. The highest BCUT2D eigenvalue weighted by Gasteiger charge is 2.08. The molecule has 2 heteroatoms. The third-order valence-corrected chi connectivity index (χ3v) is 3.46.